The number of hydrogen-bond acceptors (Lipinski definition) is 3. The Labute approximate surface area is 103 Å². The quantitative estimate of drug-likeness (QED) is 0.601. The zero-order valence-corrected chi connectivity index (χ0v) is 10.3. The van der Waals surface area contributed by atoms with E-state index in [1.165, 1.54) is 32.1 Å². The van der Waals surface area contributed by atoms with Gasteiger partial charge >= 0.3 is 0 Å². The van der Waals surface area contributed by atoms with Crippen LogP contribution >= 0.6 is 0 Å². The van der Waals surface area contributed by atoms with Crippen LogP contribution in [0, 0.1) is 5.41 Å². The number of rotatable bonds is 0. The molecule has 1 aliphatic carbocycles. The maximum atomic E-state index is 6.03. The van der Waals surface area contributed by atoms with Gasteiger partial charge in [0, 0.05) is 18.5 Å². The molecule has 17 heavy (non-hydrogen) atoms. The molecule has 3 nitrogen and oxygen atoms in total. The van der Waals surface area contributed by atoms with Crippen LogP contribution in [-0.2, 0) is 0 Å². The summed E-state index contributed by atoms with van der Waals surface area (Å²) in [5, 5.41) is 7.15. The van der Waals surface area contributed by atoms with E-state index in [-0.39, 0.29) is 0 Å². The zero-order valence-electron chi connectivity index (χ0n) is 10.3. The van der Waals surface area contributed by atoms with Crippen LogP contribution in [0.15, 0.2) is 18.2 Å². The fraction of sp³-hybridized carbons (Fsp3) is 0.571. The highest BCUT2D eigenvalue weighted by Crippen LogP contribution is 2.41. The normalized spacial score (nSPS) is 22.1. The average molecular weight is 231 g/mol. The molecule has 0 aromatic heterocycles. The first-order chi connectivity index (χ1) is 8.29. The molecule has 3 rings (SSSR count). The molecule has 0 saturated heterocycles. The summed E-state index contributed by atoms with van der Waals surface area (Å²) in [7, 11) is 0. The summed E-state index contributed by atoms with van der Waals surface area (Å²) in [4.78, 5) is 0. The van der Waals surface area contributed by atoms with E-state index in [1.807, 2.05) is 12.1 Å². The van der Waals surface area contributed by atoms with Crippen LogP contribution in [0.3, 0.4) is 0 Å². The predicted octanol–water partition coefficient (Wildman–Crippen LogP) is 3.06. The van der Waals surface area contributed by atoms with Crippen molar-refractivity contribution in [2.75, 3.05) is 29.5 Å². The number of benzene rings is 1. The number of nitrogen functional groups attached to an aromatic ring is 1. The lowest BCUT2D eigenvalue weighted by Crippen LogP contribution is -2.36. The summed E-state index contributed by atoms with van der Waals surface area (Å²) >= 11 is 0. The van der Waals surface area contributed by atoms with Gasteiger partial charge in [0.05, 0.1) is 17.1 Å². The Morgan fingerprint density at radius 2 is 1.76 bits per heavy atom. The Morgan fingerprint density at radius 3 is 2.59 bits per heavy atom. The third-order valence-electron chi connectivity index (χ3n) is 4.30. The first-order valence-corrected chi connectivity index (χ1v) is 6.65. The van der Waals surface area contributed by atoms with Crippen LogP contribution < -0.4 is 16.4 Å². The van der Waals surface area contributed by atoms with Gasteiger partial charge in [-0.1, -0.05) is 25.3 Å². The van der Waals surface area contributed by atoms with Crippen molar-refractivity contribution in [3.05, 3.63) is 18.2 Å². The maximum absolute atomic E-state index is 6.03. The highest BCUT2D eigenvalue weighted by molar-refractivity contribution is 5.81. The molecule has 1 heterocycles. The molecule has 2 aliphatic rings. The third-order valence-corrected chi connectivity index (χ3v) is 4.30. The lowest BCUT2D eigenvalue weighted by atomic mass is 9.74. The van der Waals surface area contributed by atoms with Crippen molar-refractivity contribution >= 4 is 17.1 Å². The second-order valence-electron chi connectivity index (χ2n) is 5.54. The van der Waals surface area contributed by atoms with E-state index in [0.717, 1.165) is 30.2 Å². The van der Waals surface area contributed by atoms with Gasteiger partial charge in [0.25, 0.3) is 0 Å². The lowest BCUT2D eigenvalue weighted by molar-refractivity contribution is 0.224. The van der Waals surface area contributed by atoms with Gasteiger partial charge < -0.3 is 16.4 Å². The molecule has 0 radical (unpaired) electrons. The van der Waals surface area contributed by atoms with Crippen LogP contribution in [0.25, 0.3) is 0 Å². The summed E-state index contributed by atoms with van der Waals surface area (Å²) in [5.41, 5.74) is 9.56. The second kappa shape index (κ2) is 4.13. The Kier molecular flexibility index (Phi) is 2.61. The minimum atomic E-state index is 0.434. The molecule has 1 spiro atoms. The average Bonchev–Trinajstić information content (AvgIpc) is 2.53. The third kappa shape index (κ3) is 1.94. The largest absolute Gasteiger partial charge is 0.397 e. The van der Waals surface area contributed by atoms with Crippen LogP contribution in [0.1, 0.15) is 32.1 Å². The fourth-order valence-corrected chi connectivity index (χ4v) is 3.19. The minimum absolute atomic E-state index is 0.434. The maximum Gasteiger partial charge on any atom is 0.0809 e. The van der Waals surface area contributed by atoms with E-state index < -0.39 is 0 Å². The molecular formula is C14H21N3. The van der Waals surface area contributed by atoms with Crippen LogP contribution in [0.4, 0.5) is 17.1 Å². The molecule has 92 valence electrons. The zero-order chi connectivity index (χ0) is 11.7. The van der Waals surface area contributed by atoms with Crippen molar-refractivity contribution < 1.29 is 0 Å². The molecule has 1 fully saturated rings. The first-order valence-electron chi connectivity index (χ1n) is 6.65. The summed E-state index contributed by atoms with van der Waals surface area (Å²) in [6, 6.07) is 6.09. The van der Waals surface area contributed by atoms with Gasteiger partial charge in [-0.3, -0.25) is 0 Å². The van der Waals surface area contributed by atoms with Crippen molar-refractivity contribution in [2.24, 2.45) is 5.41 Å². The van der Waals surface area contributed by atoms with Crippen LogP contribution in [0.2, 0.25) is 0 Å². The highest BCUT2D eigenvalue weighted by Gasteiger charge is 2.33. The van der Waals surface area contributed by atoms with Gasteiger partial charge in [-0.15, -0.1) is 0 Å². The van der Waals surface area contributed by atoms with Gasteiger partial charge in [0.1, 0.15) is 0 Å². The SMILES string of the molecule is Nc1cccc2c1NCC1(CCCCC1)CN2. The van der Waals surface area contributed by atoms with Crippen molar-refractivity contribution in [1.82, 2.24) is 0 Å². The Hall–Kier alpha value is -1.38. The predicted molar refractivity (Wildman–Crippen MR) is 73.4 cm³/mol. The van der Waals surface area contributed by atoms with E-state index in [1.54, 1.807) is 0 Å². The molecule has 1 saturated carbocycles. The highest BCUT2D eigenvalue weighted by atomic mass is 15.0. The Bertz CT molecular complexity index is 408. The summed E-state index contributed by atoms with van der Waals surface area (Å²) in [5.74, 6) is 0. The smallest absolute Gasteiger partial charge is 0.0809 e. The standard InChI is InChI=1S/C14H21N3/c15-11-5-4-6-12-13(11)17-10-14(9-16-12)7-2-1-3-8-14/h4-6,16-17H,1-3,7-10,15H2. The van der Waals surface area contributed by atoms with E-state index >= 15 is 0 Å². The van der Waals surface area contributed by atoms with Gasteiger partial charge in [-0.05, 0) is 25.0 Å². The second-order valence-corrected chi connectivity index (χ2v) is 5.54. The first kappa shape index (κ1) is 10.8. The molecule has 1 aliphatic heterocycles. The van der Waals surface area contributed by atoms with Crippen LogP contribution in [0.5, 0.6) is 0 Å². The number of nitrogens with one attached hydrogen (secondary N) is 2. The minimum Gasteiger partial charge on any atom is -0.397 e. The Balaban J connectivity index is 1.85. The van der Waals surface area contributed by atoms with Crippen molar-refractivity contribution in [3.63, 3.8) is 0 Å². The molecule has 4 N–H and O–H groups in total. The molecule has 1 aromatic rings. The molecule has 0 bridgehead atoms. The molecule has 3 heteroatoms. The number of hydrogen-bond donors (Lipinski definition) is 3. The monoisotopic (exact) mass is 231 g/mol. The van der Waals surface area contributed by atoms with Crippen molar-refractivity contribution in [2.45, 2.75) is 32.1 Å². The van der Waals surface area contributed by atoms with Gasteiger partial charge in [-0.2, -0.15) is 0 Å². The molecule has 0 unspecified atom stereocenters. The van der Waals surface area contributed by atoms with E-state index in [9.17, 15) is 0 Å². The topological polar surface area (TPSA) is 50.1 Å². The lowest BCUT2D eigenvalue weighted by Gasteiger charge is -2.36. The van der Waals surface area contributed by atoms with E-state index in [0.29, 0.717) is 5.41 Å². The Morgan fingerprint density at radius 1 is 1.00 bits per heavy atom. The number of nitrogens with two attached hydrogens (primary N) is 1. The molecule has 1 aromatic carbocycles. The van der Waals surface area contributed by atoms with Crippen molar-refractivity contribution in [3.8, 4) is 0 Å². The molecule has 0 atom stereocenters. The van der Waals surface area contributed by atoms with Gasteiger partial charge in [0.15, 0.2) is 0 Å². The number of para-hydroxylation sites is 1. The van der Waals surface area contributed by atoms with Gasteiger partial charge in [-0.25, -0.2) is 0 Å². The summed E-state index contributed by atoms with van der Waals surface area (Å²) in [6.07, 6.45) is 6.81. The van der Waals surface area contributed by atoms with Gasteiger partial charge in [0.2, 0.25) is 0 Å². The number of anilines is 3. The fourth-order valence-electron chi connectivity index (χ4n) is 3.19. The van der Waals surface area contributed by atoms with E-state index in [4.69, 9.17) is 5.73 Å². The van der Waals surface area contributed by atoms with Crippen LogP contribution in [-0.4, -0.2) is 13.1 Å². The number of fused-ring (bicyclic) bond motifs is 1. The molecule has 0 amide bonds. The molecular weight excluding hydrogens is 210 g/mol. The summed E-state index contributed by atoms with van der Waals surface area (Å²) in [6.45, 7) is 2.14. The van der Waals surface area contributed by atoms with Crippen molar-refractivity contribution in [1.29, 1.82) is 0 Å². The summed E-state index contributed by atoms with van der Waals surface area (Å²) < 4.78 is 0. The van der Waals surface area contributed by atoms with E-state index in [2.05, 4.69) is 16.7 Å².